The Hall–Kier alpha value is -2.55. The van der Waals surface area contributed by atoms with Gasteiger partial charge in [-0.05, 0) is 49.8 Å². The first-order valence-electron chi connectivity index (χ1n) is 10.5. The molecule has 30 heavy (non-hydrogen) atoms. The highest BCUT2D eigenvalue weighted by Gasteiger charge is 2.38. The van der Waals surface area contributed by atoms with Gasteiger partial charge in [-0.15, -0.1) is 0 Å². The highest BCUT2D eigenvalue weighted by molar-refractivity contribution is 5.94. The molecule has 1 aromatic carbocycles. The van der Waals surface area contributed by atoms with E-state index < -0.39 is 12.5 Å². The number of ether oxygens (including phenoxy) is 1. The number of anilines is 1. The second kappa shape index (κ2) is 9.07. The molecule has 0 aliphatic carbocycles. The van der Waals surface area contributed by atoms with Crippen molar-refractivity contribution >= 4 is 11.9 Å². The molecule has 2 aliphatic heterocycles. The summed E-state index contributed by atoms with van der Waals surface area (Å²) >= 11 is 0. The number of nitrogens with one attached hydrogen (secondary N) is 1. The monoisotopic (exact) mass is 419 g/mol. The average Bonchev–Trinajstić information content (AvgIpc) is 3.25. The zero-order valence-electron chi connectivity index (χ0n) is 17.0. The number of amides is 1. The quantitative estimate of drug-likeness (QED) is 0.777. The molecule has 1 amide bonds. The Morgan fingerprint density at radius 2 is 2.00 bits per heavy atom. The highest BCUT2D eigenvalue weighted by atomic mass is 19.3. The average molecular weight is 419 g/mol. The zero-order chi connectivity index (χ0) is 21.1. The van der Waals surface area contributed by atoms with Crippen LogP contribution >= 0.6 is 0 Å². The van der Waals surface area contributed by atoms with Gasteiger partial charge in [0.1, 0.15) is 12.4 Å². The summed E-state index contributed by atoms with van der Waals surface area (Å²) in [6.45, 7) is 4.38. The van der Waals surface area contributed by atoms with Crippen molar-refractivity contribution in [1.29, 1.82) is 0 Å². The highest BCUT2D eigenvalue weighted by Crippen LogP contribution is 2.35. The van der Waals surface area contributed by atoms with E-state index in [1.807, 2.05) is 36.1 Å². The number of alkyl halides is 2. The third kappa shape index (κ3) is 4.30. The van der Waals surface area contributed by atoms with Gasteiger partial charge in [0.25, 0.3) is 12.3 Å². The van der Waals surface area contributed by atoms with Crippen LogP contribution in [-0.2, 0) is 11.3 Å². The van der Waals surface area contributed by atoms with E-state index in [0.29, 0.717) is 44.2 Å². The van der Waals surface area contributed by atoms with Gasteiger partial charge in [0.2, 0.25) is 5.95 Å². The van der Waals surface area contributed by atoms with Gasteiger partial charge >= 0.3 is 0 Å². The number of rotatable bonds is 6. The summed E-state index contributed by atoms with van der Waals surface area (Å²) in [6.07, 6.45) is 0.684. The molecule has 1 aromatic heterocycles. The maximum absolute atomic E-state index is 13.5. The van der Waals surface area contributed by atoms with Gasteiger partial charge in [-0.3, -0.25) is 4.79 Å². The van der Waals surface area contributed by atoms with Crippen molar-refractivity contribution in [2.75, 3.05) is 25.0 Å². The molecule has 0 spiro atoms. The van der Waals surface area contributed by atoms with E-state index >= 15 is 0 Å². The molecule has 1 fully saturated rings. The lowest BCUT2D eigenvalue weighted by Crippen LogP contribution is -2.46. The van der Waals surface area contributed by atoms with Crippen molar-refractivity contribution in [3.05, 3.63) is 41.7 Å². The molecule has 0 saturated carbocycles. The van der Waals surface area contributed by atoms with Crippen molar-refractivity contribution in [2.24, 2.45) is 5.92 Å². The summed E-state index contributed by atoms with van der Waals surface area (Å²) < 4.78 is 33.7. The third-order valence-corrected chi connectivity index (χ3v) is 6.06. The number of hydrogen-bond acceptors (Lipinski definition) is 5. The van der Waals surface area contributed by atoms with E-state index in [1.54, 1.807) is 0 Å². The Balaban J connectivity index is 1.34. The van der Waals surface area contributed by atoms with Crippen LogP contribution in [-0.4, -0.2) is 57.7 Å². The fourth-order valence-corrected chi connectivity index (χ4v) is 4.35. The summed E-state index contributed by atoms with van der Waals surface area (Å²) in [6, 6.07) is 6.47. The first-order chi connectivity index (χ1) is 14.6. The smallest absolute Gasteiger partial charge is 0.260 e. The predicted octanol–water partition coefficient (Wildman–Crippen LogP) is 3.36. The van der Waals surface area contributed by atoms with Gasteiger partial charge in [0.05, 0.1) is 6.61 Å². The number of likely N-dealkylation sites (tertiary alicyclic amines) is 1. The normalized spacial score (nSPS) is 22.1. The van der Waals surface area contributed by atoms with Gasteiger partial charge in [-0.25, -0.2) is 13.5 Å². The molecule has 9 heteroatoms. The molecule has 7 nitrogen and oxygen atoms in total. The summed E-state index contributed by atoms with van der Waals surface area (Å²) in [5.41, 5.74) is 1.70. The first kappa shape index (κ1) is 20.7. The molecule has 0 unspecified atom stereocenters. The maximum atomic E-state index is 13.5. The van der Waals surface area contributed by atoms with Gasteiger partial charge in [0, 0.05) is 31.3 Å². The number of carbonyl (C=O) groups excluding carboxylic acids is 1. The van der Waals surface area contributed by atoms with Crippen LogP contribution in [0.2, 0.25) is 0 Å². The van der Waals surface area contributed by atoms with E-state index in [1.165, 1.54) is 11.0 Å². The molecule has 2 aliphatic rings. The molecule has 1 saturated heterocycles. The molecule has 0 bridgehead atoms. The number of nitrogens with zero attached hydrogens (tertiary/aromatic N) is 4. The van der Waals surface area contributed by atoms with Crippen LogP contribution in [0.3, 0.4) is 0 Å². The number of piperidine rings is 1. The van der Waals surface area contributed by atoms with Crippen LogP contribution in [0.5, 0.6) is 0 Å². The lowest BCUT2D eigenvalue weighted by Gasteiger charge is -2.40. The summed E-state index contributed by atoms with van der Waals surface area (Å²) in [5.74, 6) is 0.634. The fourth-order valence-electron chi connectivity index (χ4n) is 4.35. The van der Waals surface area contributed by atoms with Gasteiger partial charge < -0.3 is 15.0 Å². The van der Waals surface area contributed by atoms with Crippen LogP contribution in [0.15, 0.2) is 30.6 Å². The van der Waals surface area contributed by atoms with Crippen LogP contribution < -0.4 is 5.32 Å². The van der Waals surface area contributed by atoms with Crippen molar-refractivity contribution in [3.63, 3.8) is 0 Å². The number of hydrogen-bond donors (Lipinski definition) is 1. The Morgan fingerprint density at radius 1 is 1.27 bits per heavy atom. The van der Waals surface area contributed by atoms with Crippen molar-refractivity contribution < 1.29 is 18.3 Å². The Kier molecular flexibility index (Phi) is 6.26. The summed E-state index contributed by atoms with van der Waals surface area (Å²) in [7, 11) is 0. The number of halogens is 2. The van der Waals surface area contributed by atoms with Crippen LogP contribution in [0, 0.1) is 5.92 Å². The van der Waals surface area contributed by atoms with Crippen LogP contribution in [0.1, 0.15) is 48.1 Å². The standard InChI is InChI=1S/C21H27F2N5O2/c1-2-30-12-14-3-5-16(6-4-14)20(29)27-9-7-15(8-10-27)17-11-18(19(22)23)28-21(26-17)24-13-25-28/h3-6,13,15,17-19H,2,7-12H2,1H3,(H,24,25,26)/t17-,18+/m0/s1. The van der Waals surface area contributed by atoms with Gasteiger partial charge in [-0.2, -0.15) is 10.1 Å². The molecule has 4 rings (SSSR count). The maximum Gasteiger partial charge on any atom is 0.260 e. The van der Waals surface area contributed by atoms with E-state index in [2.05, 4.69) is 15.4 Å². The molecule has 1 N–H and O–H groups in total. The van der Waals surface area contributed by atoms with Gasteiger partial charge in [0.15, 0.2) is 0 Å². The van der Waals surface area contributed by atoms with Crippen LogP contribution in [0.25, 0.3) is 0 Å². The van der Waals surface area contributed by atoms with E-state index in [-0.39, 0.29) is 17.9 Å². The van der Waals surface area contributed by atoms with Crippen molar-refractivity contribution in [3.8, 4) is 0 Å². The molecule has 162 valence electrons. The number of carbonyl (C=O) groups is 1. The fraction of sp³-hybridized carbons (Fsp3) is 0.571. The van der Waals surface area contributed by atoms with Crippen molar-refractivity contribution in [1.82, 2.24) is 19.7 Å². The number of fused-ring (bicyclic) bond motifs is 1. The Bertz CT molecular complexity index is 849. The largest absolute Gasteiger partial charge is 0.377 e. The minimum absolute atomic E-state index is 0.0122. The predicted molar refractivity (Wildman–Crippen MR) is 107 cm³/mol. The minimum Gasteiger partial charge on any atom is -0.377 e. The first-order valence-corrected chi connectivity index (χ1v) is 10.5. The van der Waals surface area contributed by atoms with Crippen molar-refractivity contribution in [2.45, 2.75) is 51.3 Å². The lowest BCUT2D eigenvalue weighted by molar-refractivity contribution is 0.0537. The minimum atomic E-state index is -2.48. The summed E-state index contributed by atoms with van der Waals surface area (Å²) in [5, 5.41) is 7.20. The zero-order valence-corrected chi connectivity index (χ0v) is 17.0. The second-order valence-corrected chi connectivity index (χ2v) is 7.88. The molecule has 0 radical (unpaired) electrons. The summed E-state index contributed by atoms with van der Waals surface area (Å²) in [4.78, 5) is 18.8. The van der Waals surface area contributed by atoms with Crippen LogP contribution in [0.4, 0.5) is 14.7 Å². The molecular formula is C21H27F2N5O2. The molecule has 3 heterocycles. The van der Waals surface area contributed by atoms with E-state index in [4.69, 9.17) is 4.74 Å². The number of aromatic nitrogens is 3. The Morgan fingerprint density at radius 3 is 2.67 bits per heavy atom. The SMILES string of the molecule is CCOCc1ccc(C(=O)N2CCC([C@@H]3C[C@H](C(F)F)n4ncnc4N3)CC2)cc1. The topological polar surface area (TPSA) is 72.3 Å². The Labute approximate surface area is 174 Å². The molecule has 2 aromatic rings. The number of benzene rings is 1. The lowest BCUT2D eigenvalue weighted by atomic mass is 9.85. The third-order valence-electron chi connectivity index (χ3n) is 6.06. The second-order valence-electron chi connectivity index (χ2n) is 7.88. The van der Waals surface area contributed by atoms with E-state index in [0.717, 1.165) is 18.4 Å². The molecule has 2 atom stereocenters. The van der Waals surface area contributed by atoms with E-state index in [9.17, 15) is 13.6 Å². The molecular weight excluding hydrogens is 392 g/mol. The van der Waals surface area contributed by atoms with Gasteiger partial charge in [-0.1, -0.05) is 12.1 Å².